The summed E-state index contributed by atoms with van der Waals surface area (Å²) >= 11 is 0. The van der Waals surface area contributed by atoms with Gasteiger partial charge < -0.3 is 9.73 Å². The van der Waals surface area contributed by atoms with Crippen molar-refractivity contribution in [3.8, 4) is 0 Å². The predicted octanol–water partition coefficient (Wildman–Crippen LogP) is 2.76. The van der Waals surface area contributed by atoms with Crippen LogP contribution in [0.2, 0.25) is 0 Å². The minimum absolute atomic E-state index is 0.106. The van der Waals surface area contributed by atoms with Crippen molar-refractivity contribution < 1.29 is 9.21 Å². The fourth-order valence-electron chi connectivity index (χ4n) is 1.77. The van der Waals surface area contributed by atoms with Crippen molar-refractivity contribution >= 4 is 17.6 Å². The highest BCUT2D eigenvalue weighted by Gasteiger charge is 2.14. The molecule has 6 nitrogen and oxygen atoms in total. The van der Waals surface area contributed by atoms with Gasteiger partial charge in [-0.3, -0.25) is 10.1 Å². The second kappa shape index (κ2) is 6.18. The molecule has 0 saturated heterocycles. The van der Waals surface area contributed by atoms with Crippen LogP contribution in [0.3, 0.4) is 0 Å². The van der Waals surface area contributed by atoms with Crippen LogP contribution in [0.5, 0.6) is 0 Å². The molecule has 2 aromatic rings. The van der Waals surface area contributed by atoms with Crippen LogP contribution in [0.25, 0.3) is 0 Å². The molecule has 2 rings (SSSR count). The van der Waals surface area contributed by atoms with E-state index in [1.54, 1.807) is 13.0 Å². The molecule has 1 heterocycles. The normalized spacial score (nSPS) is 10.3. The molecule has 20 heavy (non-hydrogen) atoms. The Morgan fingerprint density at radius 3 is 2.75 bits per heavy atom. The van der Waals surface area contributed by atoms with Crippen LogP contribution in [0.4, 0.5) is 11.7 Å². The van der Waals surface area contributed by atoms with Gasteiger partial charge in [0.1, 0.15) is 0 Å². The summed E-state index contributed by atoms with van der Waals surface area (Å²) in [6.45, 7) is 6.54. The molecule has 2 N–H and O–H groups in total. The molecule has 1 amide bonds. The van der Waals surface area contributed by atoms with Crippen molar-refractivity contribution in [3.63, 3.8) is 0 Å². The third kappa shape index (κ3) is 3.34. The third-order valence-electron chi connectivity index (χ3n) is 2.73. The van der Waals surface area contributed by atoms with Gasteiger partial charge in [-0.2, -0.15) is 0 Å². The first-order chi connectivity index (χ1) is 9.60. The number of anilines is 2. The van der Waals surface area contributed by atoms with Crippen LogP contribution < -0.4 is 10.6 Å². The number of nitrogens with one attached hydrogen (secondary N) is 2. The van der Waals surface area contributed by atoms with Gasteiger partial charge in [-0.1, -0.05) is 18.1 Å². The monoisotopic (exact) mass is 274 g/mol. The first-order valence-corrected chi connectivity index (χ1v) is 6.56. The van der Waals surface area contributed by atoms with E-state index < -0.39 is 0 Å². The van der Waals surface area contributed by atoms with E-state index >= 15 is 0 Å². The topological polar surface area (TPSA) is 80.0 Å². The molecule has 0 radical (unpaired) electrons. The van der Waals surface area contributed by atoms with Crippen LogP contribution in [0.15, 0.2) is 22.6 Å². The molecular weight excluding hydrogens is 256 g/mol. The molecule has 0 aliphatic heterocycles. The number of carbonyl (C=O) groups excluding carboxylic acids is 1. The molecule has 0 bridgehead atoms. The highest BCUT2D eigenvalue weighted by Crippen LogP contribution is 2.19. The van der Waals surface area contributed by atoms with Crippen molar-refractivity contribution in [3.05, 3.63) is 35.2 Å². The molecule has 0 unspecified atom stereocenters. The number of carbonyl (C=O) groups is 1. The van der Waals surface area contributed by atoms with E-state index in [4.69, 9.17) is 4.42 Å². The van der Waals surface area contributed by atoms with Crippen LogP contribution in [0.1, 0.15) is 35.2 Å². The van der Waals surface area contributed by atoms with Gasteiger partial charge in [-0.15, -0.1) is 5.10 Å². The molecule has 1 aromatic carbocycles. The van der Waals surface area contributed by atoms with E-state index in [1.165, 1.54) is 0 Å². The molecule has 0 aliphatic carbocycles. The van der Waals surface area contributed by atoms with Gasteiger partial charge in [0.05, 0.1) is 5.56 Å². The molecule has 0 aliphatic rings. The number of benzene rings is 1. The Morgan fingerprint density at radius 2 is 2.10 bits per heavy atom. The smallest absolute Gasteiger partial charge is 0.322 e. The molecular formula is C14H18N4O2. The Kier molecular flexibility index (Phi) is 4.34. The molecule has 1 aromatic heterocycles. The second-order valence-electron chi connectivity index (χ2n) is 4.56. The van der Waals surface area contributed by atoms with Gasteiger partial charge in [0.25, 0.3) is 5.91 Å². The summed E-state index contributed by atoms with van der Waals surface area (Å²) in [4.78, 5) is 12.2. The summed E-state index contributed by atoms with van der Waals surface area (Å²) in [6, 6.07) is 5.73. The van der Waals surface area contributed by atoms with Gasteiger partial charge in [-0.05, 0) is 31.0 Å². The van der Waals surface area contributed by atoms with Crippen LogP contribution in [-0.2, 0) is 0 Å². The van der Waals surface area contributed by atoms with E-state index in [9.17, 15) is 4.79 Å². The second-order valence-corrected chi connectivity index (χ2v) is 4.56. The summed E-state index contributed by atoms with van der Waals surface area (Å²) in [6.07, 6.45) is 0.984. The first kappa shape index (κ1) is 14.0. The van der Waals surface area contributed by atoms with E-state index in [-0.39, 0.29) is 11.9 Å². The Balaban J connectivity index is 2.19. The Bertz CT molecular complexity index is 607. The lowest BCUT2D eigenvalue weighted by molar-refractivity contribution is 0.102. The van der Waals surface area contributed by atoms with Crippen molar-refractivity contribution in [2.24, 2.45) is 0 Å². The largest absolute Gasteiger partial charge is 0.408 e. The van der Waals surface area contributed by atoms with Gasteiger partial charge in [0.15, 0.2) is 0 Å². The lowest BCUT2D eigenvalue weighted by Crippen LogP contribution is -2.15. The standard InChI is InChI=1S/C14H18N4O2/c1-4-7-15-12-8-9(2)5-6-11(12)13(19)16-14-18-17-10(3)20-14/h5-6,8,15H,4,7H2,1-3H3,(H,16,18,19). The van der Waals surface area contributed by atoms with Gasteiger partial charge in [0, 0.05) is 19.2 Å². The Morgan fingerprint density at radius 1 is 1.30 bits per heavy atom. The number of hydrogen-bond acceptors (Lipinski definition) is 5. The van der Waals surface area contributed by atoms with Crippen molar-refractivity contribution in [2.75, 3.05) is 17.2 Å². The fraction of sp³-hybridized carbons (Fsp3) is 0.357. The highest BCUT2D eigenvalue weighted by atomic mass is 16.4. The summed E-state index contributed by atoms with van der Waals surface area (Å²) in [5.41, 5.74) is 2.45. The van der Waals surface area contributed by atoms with Gasteiger partial charge in [-0.25, -0.2) is 0 Å². The van der Waals surface area contributed by atoms with E-state index in [1.807, 2.05) is 19.1 Å². The van der Waals surface area contributed by atoms with E-state index in [2.05, 4.69) is 27.8 Å². The van der Waals surface area contributed by atoms with Crippen LogP contribution in [0, 0.1) is 13.8 Å². The lowest BCUT2D eigenvalue weighted by Gasteiger charge is -2.11. The number of aryl methyl sites for hydroxylation is 2. The van der Waals surface area contributed by atoms with Crippen molar-refractivity contribution in [2.45, 2.75) is 27.2 Å². The number of nitrogens with zero attached hydrogens (tertiary/aromatic N) is 2. The Hall–Kier alpha value is -2.37. The molecule has 6 heteroatoms. The summed E-state index contributed by atoms with van der Waals surface area (Å²) in [7, 11) is 0. The maximum atomic E-state index is 12.2. The lowest BCUT2D eigenvalue weighted by atomic mass is 10.1. The maximum Gasteiger partial charge on any atom is 0.322 e. The summed E-state index contributed by atoms with van der Waals surface area (Å²) < 4.78 is 5.15. The molecule has 0 spiro atoms. The SMILES string of the molecule is CCCNc1cc(C)ccc1C(=O)Nc1nnc(C)o1. The number of rotatable bonds is 5. The molecule has 106 valence electrons. The molecule has 0 saturated carbocycles. The minimum atomic E-state index is -0.271. The number of aromatic nitrogens is 2. The zero-order valence-corrected chi connectivity index (χ0v) is 11.9. The minimum Gasteiger partial charge on any atom is -0.408 e. The first-order valence-electron chi connectivity index (χ1n) is 6.56. The average Bonchev–Trinajstić information content (AvgIpc) is 2.81. The average molecular weight is 274 g/mol. The maximum absolute atomic E-state index is 12.2. The van der Waals surface area contributed by atoms with Crippen molar-refractivity contribution in [1.82, 2.24) is 10.2 Å². The number of amides is 1. The van der Waals surface area contributed by atoms with Gasteiger partial charge in [0.2, 0.25) is 5.89 Å². The highest BCUT2D eigenvalue weighted by molar-refractivity contribution is 6.07. The van der Waals surface area contributed by atoms with Crippen molar-refractivity contribution in [1.29, 1.82) is 0 Å². The summed E-state index contributed by atoms with van der Waals surface area (Å²) in [5.74, 6) is 0.140. The van der Waals surface area contributed by atoms with Crippen LogP contribution in [-0.4, -0.2) is 22.6 Å². The molecule has 0 fully saturated rings. The van der Waals surface area contributed by atoms with Gasteiger partial charge >= 0.3 is 6.01 Å². The van der Waals surface area contributed by atoms with Crippen LogP contribution >= 0.6 is 0 Å². The zero-order chi connectivity index (χ0) is 14.5. The van der Waals surface area contributed by atoms with E-state index in [0.717, 1.165) is 24.2 Å². The summed E-state index contributed by atoms with van der Waals surface area (Å²) in [5, 5.41) is 13.3. The quantitative estimate of drug-likeness (QED) is 0.876. The zero-order valence-electron chi connectivity index (χ0n) is 11.9. The predicted molar refractivity (Wildman–Crippen MR) is 76.9 cm³/mol. The Labute approximate surface area is 117 Å². The fourth-order valence-corrected chi connectivity index (χ4v) is 1.77. The number of hydrogen-bond donors (Lipinski definition) is 2. The van der Waals surface area contributed by atoms with E-state index in [0.29, 0.717) is 11.5 Å². The molecule has 0 atom stereocenters. The third-order valence-corrected chi connectivity index (χ3v) is 2.73.